The topological polar surface area (TPSA) is 454 Å². The highest BCUT2D eigenvalue weighted by Crippen LogP contribution is 2.58. The van der Waals surface area contributed by atoms with Crippen LogP contribution in [0.2, 0.25) is 0 Å². The van der Waals surface area contributed by atoms with Crippen LogP contribution in [0.5, 0.6) is 0 Å². The fraction of sp³-hybridized carbons (Fsp3) is 0.579. The number of aliphatic hydroxyl groups excluding tert-OH is 2. The van der Waals surface area contributed by atoms with Crippen LogP contribution in [0.1, 0.15) is 38.4 Å². The quantitative estimate of drug-likeness (QED) is 0.0359. The molecule has 15 atom stereocenters. The Morgan fingerprint density at radius 1 is 0.740 bits per heavy atom. The van der Waals surface area contributed by atoms with Crippen molar-refractivity contribution < 1.29 is 85.1 Å². The van der Waals surface area contributed by atoms with Gasteiger partial charge in [0, 0.05) is 32.1 Å². The SMILES string of the molecule is COC1[C@@H](COP(=O)(O)SCCSC(C)=O)O[C@@H](n2cnc3c(N)ncnc32)[C@H]1OP(O)(=S)OC[C@H]1O[C@@H](n2cnc3c(N)ncnc32)[C@@H](OP(=O)(O)OC[C@]23CCCOC2[C@H](O)[C@H](n2cnc4c(N)ncnc42)O3)C1O. The lowest BCUT2D eigenvalue weighted by Gasteiger charge is -2.38. The number of imidazole rings is 3. The maximum Gasteiger partial charge on any atom is 0.472 e. The van der Waals surface area contributed by atoms with Crippen molar-refractivity contribution in [1.29, 1.82) is 0 Å². The lowest BCUT2D eigenvalue weighted by molar-refractivity contribution is -0.165. The van der Waals surface area contributed by atoms with Gasteiger partial charge in [-0.3, -0.25) is 36.6 Å². The minimum atomic E-state index is -5.29. The smallest absolute Gasteiger partial charge is 0.387 e. The highest BCUT2D eigenvalue weighted by molar-refractivity contribution is 8.55. The number of carbonyl (C=O) groups excluding carboxylic acids is 1. The minimum Gasteiger partial charge on any atom is -0.387 e. The van der Waals surface area contributed by atoms with Crippen LogP contribution in [0, 0.1) is 0 Å². The summed E-state index contributed by atoms with van der Waals surface area (Å²) < 4.78 is 90.7. The van der Waals surface area contributed by atoms with Crippen molar-refractivity contribution in [1.82, 2.24) is 58.6 Å². The van der Waals surface area contributed by atoms with Crippen LogP contribution in [0.15, 0.2) is 38.0 Å². The van der Waals surface area contributed by atoms with E-state index in [1.165, 1.54) is 59.4 Å². The van der Waals surface area contributed by atoms with Crippen LogP contribution in [-0.2, 0) is 72.0 Å². The molecule has 4 saturated heterocycles. The van der Waals surface area contributed by atoms with Crippen LogP contribution in [0.3, 0.4) is 0 Å². The van der Waals surface area contributed by atoms with E-state index in [4.69, 9.17) is 75.3 Å². The van der Waals surface area contributed by atoms with Crippen molar-refractivity contribution in [3.05, 3.63) is 38.0 Å². The molecule has 10 heterocycles. The maximum atomic E-state index is 14.2. The summed E-state index contributed by atoms with van der Waals surface area (Å²) in [6.45, 7) is -9.21. The maximum absolute atomic E-state index is 14.2. The Hall–Kier alpha value is -4.07. The van der Waals surface area contributed by atoms with Gasteiger partial charge in [-0.15, -0.1) is 0 Å². The average Bonchev–Trinajstić information content (AvgIpc) is 4.26. The van der Waals surface area contributed by atoms with Gasteiger partial charge >= 0.3 is 21.3 Å². The fourth-order valence-electron chi connectivity index (χ4n) is 9.38. The Bertz CT molecular complexity index is 3300. The van der Waals surface area contributed by atoms with E-state index in [1.807, 2.05) is 0 Å². The Kier molecular flexibility index (Phi) is 16.4. The van der Waals surface area contributed by atoms with Gasteiger partial charge in [-0.2, -0.15) is 0 Å². The highest BCUT2D eigenvalue weighted by atomic mass is 32.7. The molecule has 0 spiro atoms. The number of nitrogens with zero attached hydrogens (tertiary/aromatic N) is 12. The molecule has 0 radical (unpaired) electrons. The summed E-state index contributed by atoms with van der Waals surface area (Å²) in [6, 6.07) is 0. The molecule has 0 amide bonds. The van der Waals surface area contributed by atoms with Crippen LogP contribution in [0.4, 0.5) is 17.5 Å². The van der Waals surface area contributed by atoms with Crippen LogP contribution in [0.25, 0.3) is 33.5 Å². The predicted molar refractivity (Wildman–Crippen MR) is 271 cm³/mol. The number of thioether (sulfide) groups is 1. The summed E-state index contributed by atoms with van der Waals surface area (Å²) in [6.07, 6.45) is -7.40. The van der Waals surface area contributed by atoms with Gasteiger partial charge in [-0.05, 0) is 36.0 Å². The highest BCUT2D eigenvalue weighted by Gasteiger charge is 2.59. The predicted octanol–water partition coefficient (Wildman–Crippen LogP) is 0.482. The number of ether oxygens (including phenoxy) is 5. The molecule has 6 aromatic rings. The zero-order chi connectivity index (χ0) is 54.6. The van der Waals surface area contributed by atoms with Crippen molar-refractivity contribution in [2.45, 2.75) is 92.9 Å². The van der Waals surface area contributed by atoms with Crippen LogP contribution < -0.4 is 17.2 Å². The molecule has 77 heavy (non-hydrogen) atoms. The van der Waals surface area contributed by atoms with E-state index in [0.717, 1.165) is 18.1 Å². The molecule has 0 bridgehead atoms. The average molecular weight is 1190 g/mol. The van der Waals surface area contributed by atoms with Gasteiger partial charge in [0.15, 0.2) is 58.2 Å². The summed E-state index contributed by atoms with van der Waals surface area (Å²) in [5.41, 5.74) is 17.6. The van der Waals surface area contributed by atoms with E-state index >= 15 is 0 Å². The van der Waals surface area contributed by atoms with E-state index in [9.17, 15) is 38.8 Å². The molecule has 10 rings (SSSR count). The van der Waals surface area contributed by atoms with Gasteiger partial charge in [-0.1, -0.05) is 11.8 Å². The number of rotatable bonds is 21. The second-order valence-corrected chi connectivity index (χ2v) is 27.1. The normalized spacial score (nSPS) is 30.9. The molecule has 6 aromatic heterocycles. The summed E-state index contributed by atoms with van der Waals surface area (Å²) in [5, 5.41) is 23.4. The summed E-state index contributed by atoms with van der Waals surface area (Å²) in [7, 11) is -4.01. The first-order valence-electron chi connectivity index (χ1n) is 23.0. The van der Waals surface area contributed by atoms with Gasteiger partial charge in [-0.25, -0.2) is 54.0 Å². The molecular weight excluding hydrogens is 1140 g/mol. The van der Waals surface area contributed by atoms with Gasteiger partial charge in [0.05, 0.1) is 38.8 Å². The second-order valence-electron chi connectivity index (χ2n) is 17.6. The number of nitrogens with two attached hydrogens (primary N) is 3. The lowest BCUT2D eigenvalue weighted by atomic mass is 9.89. The number of hydrogen-bond acceptors (Lipinski definition) is 30. The van der Waals surface area contributed by atoms with E-state index in [1.54, 1.807) is 0 Å². The van der Waals surface area contributed by atoms with Crippen molar-refractivity contribution in [3.8, 4) is 0 Å². The van der Waals surface area contributed by atoms with Gasteiger partial charge in [0.1, 0.15) is 90.0 Å². The molecule has 0 saturated carbocycles. The molecular formula is C38H50N15O18P3S3. The Balaban J connectivity index is 0.869. The third kappa shape index (κ3) is 11.5. The number of fused-ring (bicyclic) bond motifs is 4. The standard InChI is InChI=1S/C38H50N15O18P3S3/c1-17(54)76-6-7-77-73(59,60)64-9-19-25(62-2)27(37(68-19)53-16-50-22-31(41)44-13-47-34(22)53)71-74(61,75)65-8-18-23(55)26(36(67-18)52-15-49-21-30(40)43-12-46-33(21)52)70-72(57,58)66-10-38-4-3-5-63-28(38)24(56)35(69-38)51-14-48-20-29(39)42-11-45-32(20)51/h11-16,18-19,23-28,35-37,55-56H,3-10H2,1-2H3,(H,57,58)(H,59,60)(H,61,75)(H2,39,42,45)(H2,40,43,46)(H2,41,44,47)/t18-,19-,23?,24+,25?,26+,27+,28?,35-,36-,37-,38-,74?/m1/s1. The van der Waals surface area contributed by atoms with Crippen molar-refractivity contribution >= 4 is 112 Å². The van der Waals surface area contributed by atoms with Crippen LogP contribution >= 0.6 is 44.5 Å². The number of phosphoric ester groups is 1. The molecule has 33 nitrogen and oxygen atoms in total. The molecule has 4 aliphatic heterocycles. The molecule has 4 aliphatic rings. The Labute approximate surface area is 447 Å². The third-order valence-electron chi connectivity index (χ3n) is 12.8. The fourth-order valence-corrected chi connectivity index (χ4v) is 15.1. The monoisotopic (exact) mass is 1190 g/mol. The first-order chi connectivity index (χ1) is 36.7. The van der Waals surface area contributed by atoms with E-state index < -0.39 is 114 Å². The Morgan fingerprint density at radius 2 is 1.29 bits per heavy atom. The molecule has 4 fully saturated rings. The summed E-state index contributed by atoms with van der Waals surface area (Å²) in [4.78, 5) is 82.7. The largest absolute Gasteiger partial charge is 0.472 e. The number of anilines is 3. The number of hydrogen-bond donors (Lipinski definition) is 8. The molecule has 11 N–H and O–H groups in total. The zero-order valence-electron chi connectivity index (χ0n) is 40.2. The molecule has 39 heteroatoms. The molecule has 418 valence electrons. The van der Waals surface area contributed by atoms with Gasteiger partial charge in [0.25, 0.3) is 0 Å². The molecule has 6 unspecified atom stereocenters. The third-order valence-corrected chi connectivity index (χ3v) is 19.4. The zero-order valence-corrected chi connectivity index (χ0v) is 45.3. The second kappa shape index (κ2) is 22.5. The number of aromatic nitrogens is 12. The van der Waals surface area contributed by atoms with Crippen LogP contribution in [-0.4, -0.2) is 188 Å². The number of methoxy groups -OCH3 is 1. The number of aliphatic hydroxyl groups is 2. The van der Waals surface area contributed by atoms with Gasteiger partial charge < -0.3 is 70.3 Å². The lowest BCUT2D eigenvalue weighted by Crippen LogP contribution is -2.51. The van der Waals surface area contributed by atoms with Crippen molar-refractivity contribution in [2.24, 2.45) is 0 Å². The number of carbonyl (C=O) groups is 1. The number of nitrogen functional groups attached to an aromatic ring is 3. The van der Waals surface area contributed by atoms with E-state index in [-0.39, 0.29) is 80.6 Å². The van der Waals surface area contributed by atoms with E-state index in [2.05, 4.69) is 44.9 Å². The summed E-state index contributed by atoms with van der Waals surface area (Å²) in [5.74, 6) is 0.452. The number of phosphoric acid groups is 1. The Morgan fingerprint density at radius 3 is 1.86 bits per heavy atom. The van der Waals surface area contributed by atoms with Crippen molar-refractivity contribution in [2.75, 3.05) is 62.2 Å². The van der Waals surface area contributed by atoms with Crippen molar-refractivity contribution in [3.63, 3.8) is 0 Å². The van der Waals surface area contributed by atoms with Gasteiger partial charge in [0.2, 0.25) is 0 Å². The first-order valence-corrected chi connectivity index (χ1v) is 31.3. The molecule has 0 aliphatic carbocycles. The minimum absolute atomic E-state index is 0.0231. The van der Waals surface area contributed by atoms with E-state index in [0.29, 0.717) is 17.8 Å². The molecule has 0 aromatic carbocycles. The first kappa shape index (κ1) is 56.2. The summed E-state index contributed by atoms with van der Waals surface area (Å²) >= 11 is 7.11.